The van der Waals surface area contributed by atoms with Gasteiger partial charge >= 0.3 is 0 Å². The number of Topliss-reactive ketones (excluding diaryl/α,β-unsaturated/α-hetero) is 1. The van der Waals surface area contributed by atoms with Gasteiger partial charge in [-0.3, -0.25) is 4.79 Å². The number of nitrogens with zero attached hydrogens (tertiary/aromatic N) is 3. The van der Waals surface area contributed by atoms with Crippen molar-refractivity contribution < 1.29 is 4.79 Å². The van der Waals surface area contributed by atoms with Crippen LogP contribution >= 0.6 is 0 Å². The fourth-order valence-electron chi connectivity index (χ4n) is 3.30. The van der Waals surface area contributed by atoms with Crippen LogP contribution in [0.15, 0.2) is 65.3 Å². The van der Waals surface area contributed by atoms with Gasteiger partial charge in [0.25, 0.3) is 0 Å². The van der Waals surface area contributed by atoms with Gasteiger partial charge in [-0.05, 0) is 29.7 Å². The zero-order chi connectivity index (χ0) is 18.7. The summed E-state index contributed by atoms with van der Waals surface area (Å²) < 4.78 is 0. The lowest BCUT2D eigenvalue weighted by Crippen LogP contribution is -2.21. The SMILES string of the molecule is CN(C)C=Nc1ccc(C2CC(=CN(C)C)C(=O)c3ccccc32)cc1. The lowest BCUT2D eigenvalue weighted by molar-refractivity contribution is 0.102. The molecule has 0 N–H and O–H groups in total. The molecule has 0 spiro atoms. The standard InChI is InChI=1S/C22H25N3O/c1-24(2)14-17-13-21(19-7-5-6-8-20(19)22(17)26)16-9-11-18(12-10-16)23-15-25(3)4/h5-12,14-15,21H,13H2,1-4H3. The zero-order valence-electron chi connectivity index (χ0n) is 15.8. The lowest BCUT2D eigenvalue weighted by atomic mass is 9.76. The normalized spacial score (nSPS) is 18.2. The van der Waals surface area contributed by atoms with Crippen LogP contribution < -0.4 is 0 Å². The van der Waals surface area contributed by atoms with Gasteiger partial charge < -0.3 is 9.80 Å². The summed E-state index contributed by atoms with van der Waals surface area (Å²) in [7, 11) is 7.81. The zero-order valence-corrected chi connectivity index (χ0v) is 15.8. The first-order valence-corrected chi connectivity index (χ1v) is 8.77. The maximum atomic E-state index is 12.8. The van der Waals surface area contributed by atoms with Crippen molar-refractivity contribution >= 4 is 17.8 Å². The van der Waals surface area contributed by atoms with Gasteiger partial charge in [-0.1, -0.05) is 36.4 Å². The van der Waals surface area contributed by atoms with Crippen LogP contribution in [0.4, 0.5) is 5.69 Å². The highest BCUT2D eigenvalue weighted by Gasteiger charge is 2.30. The molecule has 0 fully saturated rings. The Morgan fingerprint density at radius 2 is 1.65 bits per heavy atom. The molecule has 0 saturated heterocycles. The van der Waals surface area contributed by atoms with Crippen molar-refractivity contribution in [3.63, 3.8) is 0 Å². The van der Waals surface area contributed by atoms with Crippen LogP contribution in [0.25, 0.3) is 0 Å². The van der Waals surface area contributed by atoms with Gasteiger partial charge in [0, 0.05) is 51.4 Å². The molecule has 0 aliphatic heterocycles. The largest absolute Gasteiger partial charge is 0.383 e. The number of hydrogen-bond acceptors (Lipinski definition) is 3. The molecule has 0 heterocycles. The molecule has 0 bridgehead atoms. The van der Waals surface area contributed by atoms with Gasteiger partial charge in [0.15, 0.2) is 5.78 Å². The summed E-state index contributed by atoms with van der Waals surface area (Å²) in [5.41, 5.74) is 4.91. The Hall–Kier alpha value is -2.88. The van der Waals surface area contributed by atoms with Crippen LogP contribution in [0.3, 0.4) is 0 Å². The number of hydrogen-bond donors (Lipinski definition) is 0. The minimum absolute atomic E-state index is 0.137. The summed E-state index contributed by atoms with van der Waals surface area (Å²) in [6, 6.07) is 16.2. The van der Waals surface area contributed by atoms with Crippen molar-refractivity contribution in [3.8, 4) is 0 Å². The van der Waals surface area contributed by atoms with Crippen molar-refractivity contribution in [2.75, 3.05) is 28.2 Å². The quantitative estimate of drug-likeness (QED) is 0.475. The van der Waals surface area contributed by atoms with Crippen LogP contribution in [0.5, 0.6) is 0 Å². The molecule has 1 atom stereocenters. The van der Waals surface area contributed by atoms with E-state index in [0.29, 0.717) is 6.42 Å². The average Bonchev–Trinajstić information content (AvgIpc) is 2.62. The van der Waals surface area contributed by atoms with Crippen LogP contribution in [-0.4, -0.2) is 50.1 Å². The van der Waals surface area contributed by atoms with Gasteiger partial charge in [-0.25, -0.2) is 4.99 Å². The molecule has 1 aliphatic carbocycles. The van der Waals surface area contributed by atoms with Crippen molar-refractivity contribution in [1.82, 2.24) is 9.80 Å². The maximum absolute atomic E-state index is 12.8. The summed E-state index contributed by atoms with van der Waals surface area (Å²) in [4.78, 5) is 21.1. The first kappa shape index (κ1) is 17.9. The Kier molecular flexibility index (Phi) is 5.21. The molecular weight excluding hydrogens is 322 g/mol. The molecule has 1 unspecified atom stereocenters. The molecule has 134 valence electrons. The number of benzene rings is 2. The molecule has 4 nitrogen and oxygen atoms in total. The van der Waals surface area contributed by atoms with E-state index in [0.717, 1.165) is 22.4 Å². The van der Waals surface area contributed by atoms with Crippen molar-refractivity contribution in [1.29, 1.82) is 0 Å². The number of ketones is 1. The van der Waals surface area contributed by atoms with Crippen LogP contribution in [-0.2, 0) is 0 Å². The van der Waals surface area contributed by atoms with E-state index in [-0.39, 0.29) is 11.7 Å². The molecule has 3 rings (SSSR count). The summed E-state index contributed by atoms with van der Waals surface area (Å²) in [5.74, 6) is 0.319. The van der Waals surface area contributed by atoms with E-state index < -0.39 is 0 Å². The Bertz CT molecular complexity index is 848. The predicted octanol–water partition coefficient (Wildman–Crippen LogP) is 4.07. The second-order valence-electron chi connectivity index (χ2n) is 7.09. The third kappa shape index (κ3) is 3.85. The van der Waals surface area contributed by atoms with E-state index >= 15 is 0 Å². The second kappa shape index (κ2) is 7.56. The lowest BCUT2D eigenvalue weighted by Gasteiger charge is -2.27. The fourth-order valence-corrected chi connectivity index (χ4v) is 3.30. The molecule has 0 saturated carbocycles. The Morgan fingerprint density at radius 3 is 2.31 bits per heavy atom. The molecule has 26 heavy (non-hydrogen) atoms. The van der Waals surface area contributed by atoms with Crippen LogP contribution in [0.2, 0.25) is 0 Å². The summed E-state index contributed by atoms with van der Waals surface area (Å²) in [5, 5.41) is 0. The molecule has 0 radical (unpaired) electrons. The molecular formula is C22H25N3O. The number of carbonyl (C=O) groups is 1. The van der Waals surface area contributed by atoms with Crippen LogP contribution in [0.1, 0.15) is 33.8 Å². The highest BCUT2D eigenvalue weighted by atomic mass is 16.1. The fraction of sp³-hybridized carbons (Fsp3) is 0.273. The summed E-state index contributed by atoms with van der Waals surface area (Å²) in [6.45, 7) is 0. The van der Waals surface area contributed by atoms with Crippen molar-refractivity contribution in [2.24, 2.45) is 4.99 Å². The third-order valence-electron chi connectivity index (χ3n) is 4.44. The topological polar surface area (TPSA) is 35.9 Å². The van der Waals surface area contributed by atoms with E-state index in [9.17, 15) is 4.79 Å². The monoisotopic (exact) mass is 347 g/mol. The number of aliphatic imine (C=N–C) groups is 1. The van der Waals surface area contributed by atoms with Gasteiger partial charge in [0.2, 0.25) is 0 Å². The second-order valence-corrected chi connectivity index (χ2v) is 7.09. The van der Waals surface area contributed by atoms with Gasteiger partial charge in [-0.15, -0.1) is 0 Å². The predicted molar refractivity (Wildman–Crippen MR) is 107 cm³/mol. The first-order chi connectivity index (χ1) is 12.5. The first-order valence-electron chi connectivity index (χ1n) is 8.77. The van der Waals surface area contributed by atoms with Gasteiger partial charge in [0.05, 0.1) is 12.0 Å². The van der Waals surface area contributed by atoms with Crippen molar-refractivity contribution in [2.45, 2.75) is 12.3 Å². The minimum atomic E-state index is 0.137. The smallest absolute Gasteiger partial charge is 0.190 e. The van der Waals surface area contributed by atoms with E-state index in [1.165, 1.54) is 5.56 Å². The third-order valence-corrected chi connectivity index (χ3v) is 4.44. The maximum Gasteiger partial charge on any atom is 0.190 e. The minimum Gasteiger partial charge on any atom is -0.383 e. The molecule has 1 aliphatic rings. The summed E-state index contributed by atoms with van der Waals surface area (Å²) >= 11 is 0. The number of rotatable bonds is 4. The van der Waals surface area contributed by atoms with Gasteiger partial charge in [0.1, 0.15) is 0 Å². The van der Waals surface area contributed by atoms with Crippen LogP contribution in [0, 0.1) is 0 Å². The highest BCUT2D eigenvalue weighted by molar-refractivity contribution is 6.11. The number of carbonyl (C=O) groups excluding carboxylic acids is 1. The van der Waals surface area contributed by atoms with E-state index in [2.05, 4.69) is 23.2 Å². The number of allylic oxidation sites excluding steroid dienone is 1. The summed E-state index contributed by atoms with van der Waals surface area (Å²) in [6.07, 6.45) is 4.46. The van der Waals surface area contributed by atoms with E-state index in [1.807, 2.05) is 74.5 Å². The highest BCUT2D eigenvalue weighted by Crippen LogP contribution is 2.39. The Labute approximate surface area is 155 Å². The Balaban J connectivity index is 1.98. The number of fused-ring (bicyclic) bond motifs is 1. The Morgan fingerprint density at radius 1 is 0.962 bits per heavy atom. The van der Waals surface area contributed by atoms with Gasteiger partial charge in [-0.2, -0.15) is 0 Å². The van der Waals surface area contributed by atoms with E-state index in [1.54, 1.807) is 6.34 Å². The molecule has 0 aromatic heterocycles. The molecule has 0 amide bonds. The average molecular weight is 347 g/mol. The molecule has 2 aromatic rings. The van der Waals surface area contributed by atoms with Crippen molar-refractivity contribution in [3.05, 3.63) is 77.0 Å². The molecule has 2 aromatic carbocycles. The molecule has 4 heteroatoms. The van der Waals surface area contributed by atoms with E-state index in [4.69, 9.17) is 0 Å².